The molecule has 2 amide bonds. The number of nitrogens with zero attached hydrogens (tertiary/aromatic N) is 3. The van der Waals surface area contributed by atoms with Crippen LogP contribution in [0.1, 0.15) is 11.6 Å². The van der Waals surface area contributed by atoms with Crippen LogP contribution in [0, 0.1) is 16.0 Å². The van der Waals surface area contributed by atoms with Crippen molar-refractivity contribution in [2.24, 2.45) is 5.92 Å². The van der Waals surface area contributed by atoms with Crippen LogP contribution in [0.2, 0.25) is 0 Å². The summed E-state index contributed by atoms with van der Waals surface area (Å²) in [6, 6.07) is 17.0. The lowest BCUT2D eigenvalue weighted by Crippen LogP contribution is -2.37. The number of benzene rings is 3. The van der Waals surface area contributed by atoms with Crippen LogP contribution in [0.4, 0.5) is 17.1 Å². The van der Waals surface area contributed by atoms with Crippen molar-refractivity contribution in [3.05, 3.63) is 82.4 Å². The van der Waals surface area contributed by atoms with Crippen LogP contribution >= 0.6 is 0 Å². The topological polar surface area (TPSA) is 121 Å². The zero-order valence-corrected chi connectivity index (χ0v) is 20.2. The predicted octanol–water partition coefficient (Wildman–Crippen LogP) is 3.67. The Morgan fingerprint density at radius 1 is 0.838 bits per heavy atom. The molecule has 11 nitrogen and oxygen atoms in total. The standard InChI is InChI=1S/C26H23N3O8/c1-34-17-11-9-15(10-12-17)27-25(30)22-23(18-13-20(35-2)21(36-3)14-19(18)29(32)33)28(37-24(22)26(27)31)16-7-5-4-6-8-16/h4-14,22-24H,1-3H3/t22-,23-,24+/m1/s1. The summed E-state index contributed by atoms with van der Waals surface area (Å²) in [6.07, 6.45) is -1.19. The van der Waals surface area contributed by atoms with Crippen molar-refractivity contribution in [1.29, 1.82) is 0 Å². The Labute approximate surface area is 211 Å². The Morgan fingerprint density at radius 2 is 1.49 bits per heavy atom. The van der Waals surface area contributed by atoms with E-state index in [1.165, 1.54) is 38.5 Å². The molecule has 37 heavy (non-hydrogen) atoms. The van der Waals surface area contributed by atoms with E-state index in [1.807, 2.05) is 0 Å². The fraction of sp³-hybridized carbons (Fsp3) is 0.231. The number of carbonyl (C=O) groups excluding carboxylic acids is 2. The fourth-order valence-corrected chi connectivity index (χ4v) is 4.79. The minimum absolute atomic E-state index is 0.150. The monoisotopic (exact) mass is 505 g/mol. The maximum Gasteiger partial charge on any atom is 0.278 e. The summed E-state index contributed by atoms with van der Waals surface area (Å²) in [7, 11) is 4.29. The molecule has 3 atom stereocenters. The van der Waals surface area contributed by atoms with Gasteiger partial charge in [0, 0.05) is 0 Å². The molecule has 2 saturated heterocycles. The number of amides is 2. The maximum atomic E-state index is 13.8. The van der Waals surface area contributed by atoms with Crippen LogP contribution in [0.5, 0.6) is 17.2 Å². The minimum atomic E-state index is -1.19. The lowest BCUT2D eigenvalue weighted by Gasteiger charge is -2.29. The lowest BCUT2D eigenvalue weighted by molar-refractivity contribution is -0.385. The van der Waals surface area contributed by atoms with Crippen LogP contribution in [0.3, 0.4) is 0 Å². The number of rotatable bonds is 7. The summed E-state index contributed by atoms with van der Waals surface area (Å²) in [4.78, 5) is 46.0. The van der Waals surface area contributed by atoms with Gasteiger partial charge >= 0.3 is 0 Å². The molecule has 0 spiro atoms. The number of para-hydroxylation sites is 1. The highest BCUT2D eigenvalue weighted by atomic mass is 16.7. The first-order chi connectivity index (χ1) is 17.9. The minimum Gasteiger partial charge on any atom is -0.497 e. The summed E-state index contributed by atoms with van der Waals surface area (Å²) >= 11 is 0. The number of imide groups is 1. The number of anilines is 2. The van der Waals surface area contributed by atoms with E-state index in [-0.39, 0.29) is 22.7 Å². The van der Waals surface area contributed by atoms with E-state index in [2.05, 4.69) is 0 Å². The highest BCUT2D eigenvalue weighted by Gasteiger charge is 2.61. The van der Waals surface area contributed by atoms with Crippen molar-refractivity contribution in [3.63, 3.8) is 0 Å². The second-order valence-electron chi connectivity index (χ2n) is 8.39. The van der Waals surface area contributed by atoms with Crippen molar-refractivity contribution in [2.75, 3.05) is 31.3 Å². The van der Waals surface area contributed by atoms with Crippen molar-refractivity contribution in [1.82, 2.24) is 0 Å². The SMILES string of the molecule is COc1ccc(N2C(=O)[C@H]3[C@H](ON(c4ccccc4)[C@@H]3c3cc(OC)c(OC)cc3[N+](=O)[O-])C2=O)cc1. The molecule has 0 unspecified atom stereocenters. The Kier molecular flexibility index (Phi) is 6.14. The molecule has 2 heterocycles. The number of methoxy groups -OCH3 is 3. The van der Waals surface area contributed by atoms with Crippen LogP contribution in [0.25, 0.3) is 0 Å². The Balaban J connectivity index is 1.66. The first-order valence-electron chi connectivity index (χ1n) is 11.3. The van der Waals surface area contributed by atoms with Crippen LogP contribution in [0.15, 0.2) is 66.7 Å². The van der Waals surface area contributed by atoms with E-state index in [1.54, 1.807) is 54.6 Å². The van der Waals surface area contributed by atoms with E-state index in [0.29, 0.717) is 17.1 Å². The summed E-state index contributed by atoms with van der Waals surface area (Å²) < 4.78 is 15.8. The molecule has 190 valence electrons. The molecular weight excluding hydrogens is 482 g/mol. The number of nitro groups is 1. The zero-order valence-electron chi connectivity index (χ0n) is 20.2. The summed E-state index contributed by atoms with van der Waals surface area (Å²) in [5, 5.41) is 13.5. The Hall–Kier alpha value is -4.64. The van der Waals surface area contributed by atoms with Crippen molar-refractivity contribution >= 4 is 28.9 Å². The van der Waals surface area contributed by atoms with Gasteiger partial charge < -0.3 is 14.2 Å². The van der Waals surface area contributed by atoms with E-state index in [9.17, 15) is 19.7 Å². The van der Waals surface area contributed by atoms with E-state index >= 15 is 0 Å². The van der Waals surface area contributed by atoms with Gasteiger partial charge in [0.25, 0.3) is 11.6 Å². The largest absolute Gasteiger partial charge is 0.497 e. The first-order valence-corrected chi connectivity index (χ1v) is 11.3. The van der Waals surface area contributed by atoms with Gasteiger partial charge in [-0.3, -0.25) is 24.5 Å². The molecule has 0 saturated carbocycles. The molecule has 0 aliphatic carbocycles. The van der Waals surface area contributed by atoms with Crippen molar-refractivity contribution in [2.45, 2.75) is 12.1 Å². The molecule has 0 bridgehead atoms. The smallest absolute Gasteiger partial charge is 0.278 e. The van der Waals surface area contributed by atoms with Crippen LogP contribution in [-0.2, 0) is 14.4 Å². The maximum absolute atomic E-state index is 13.8. The van der Waals surface area contributed by atoms with Gasteiger partial charge in [0.1, 0.15) is 17.7 Å². The summed E-state index contributed by atoms with van der Waals surface area (Å²) in [5.41, 5.74) is 0.732. The fourth-order valence-electron chi connectivity index (χ4n) is 4.79. The number of nitro benzene ring substituents is 1. The van der Waals surface area contributed by atoms with E-state index in [4.69, 9.17) is 19.0 Å². The van der Waals surface area contributed by atoms with Gasteiger partial charge in [-0.1, -0.05) is 18.2 Å². The molecule has 5 rings (SSSR count). The second kappa shape index (κ2) is 9.43. The number of carbonyl (C=O) groups is 2. The Morgan fingerprint density at radius 3 is 2.08 bits per heavy atom. The molecule has 0 N–H and O–H groups in total. The van der Waals surface area contributed by atoms with Crippen LogP contribution in [-0.4, -0.2) is 44.2 Å². The third kappa shape index (κ3) is 3.89. The molecule has 3 aromatic rings. The van der Waals surface area contributed by atoms with Gasteiger partial charge in [-0.05, 0) is 42.5 Å². The molecule has 2 fully saturated rings. The number of ether oxygens (including phenoxy) is 3. The Bertz CT molecular complexity index is 1360. The van der Waals surface area contributed by atoms with Crippen molar-refractivity contribution < 1.29 is 33.6 Å². The zero-order chi connectivity index (χ0) is 26.3. The van der Waals surface area contributed by atoms with E-state index < -0.39 is 34.8 Å². The van der Waals surface area contributed by atoms with Gasteiger partial charge in [-0.15, -0.1) is 0 Å². The second-order valence-corrected chi connectivity index (χ2v) is 8.39. The molecule has 3 aromatic carbocycles. The molecule has 0 radical (unpaired) electrons. The van der Waals surface area contributed by atoms with Gasteiger partial charge in [-0.25, -0.2) is 9.96 Å². The van der Waals surface area contributed by atoms with Gasteiger partial charge in [-0.2, -0.15) is 0 Å². The molecule has 2 aliphatic heterocycles. The number of fused-ring (bicyclic) bond motifs is 1. The normalized spacial score (nSPS) is 20.7. The van der Waals surface area contributed by atoms with E-state index in [0.717, 1.165) is 4.90 Å². The third-order valence-corrected chi connectivity index (χ3v) is 6.50. The molecular formula is C26H23N3O8. The summed E-state index contributed by atoms with van der Waals surface area (Å²) in [5.74, 6) is -1.20. The van der Waals surface area contributed by atoms with Gasteiger partial charge in [0.2, 0.25) is 5.91 Å². The number of hydroxylamine groups is 1. The van der Waals surface area contributed by atoms with Gasteiger partial charge in [0.15, 0.2) is 17.6 Å². The number of hydrogen-bond acceptors (Lipinski definition) is 9. The molecule has 0 aromatic heterocycles. The quantitative estimate of drug-likeness (QED) is 0.269. The van der Waals surface area contributed by atoms with Crippen molar-refractivity contribution in [3.8, 4) is 17.2 Å². The lowest BCUT2D eigenvalue weighted by atomic mass is 9.89. The molecule has 2 aliphatic rings. The first kappa shape index (κ1) is 24.1. The summed E-state index contributed by atoms with van der Waals surface area (Å²) in [6.45, 7) is 0. The molecule has 11 heteroatoms. The average molecular weight is 505 g/mol. The van der Waals surface area contributed by atoms with Crippen LogP contribution < -0.4 is 24.2 Å². The highest BCUT2D eigenvalue weighted by Crippen LogP contribution is 2.51. The predicted molar refractivity (Wildman–Crippen MR) is 132 cm³/mol. The number of hydrogen-bond donors (Lipinski definition) is 0. The van der Waals surface area contributed by atoms with Gasteiger partial charge in [0.05, 0.1) is 49.3 Å². The average Bonchev–Trinajstić information content (AvgIpc) is 3.43. The highest BCUT2D eigenvalue weighted by molar-refractivity contribution is 6.24. The third-order valence-electron chi connectivity index (χ3n) is 6.50.